The smallest absolute Gasteiger partial charge is 0.00554 e. The molecule has 0 fully saturated rings. The number of hydrogen-bond donors (Lipinski definition) is 1. The van der Waals surface area contributed by atoms with E-state index in [0.29, 0.717) is 0 Å². The van der Waals surface area contributed by atoms with Crippen LogP contribution in [-0.2, 0) is 0 Å². The minimum atomic E-state index is 1.00. The molecule has 2 heteroatoms. The summed E-state index contributed by atoms with van der Waals surface area (Å²) in [5.74, 6) is 0. The van der Waals surface area contributed by atoms with Gasteiger partial charge in [0.15, 0.2) is 0 Å². The molecule has 0 spiro atoms. The van der Waals surface area contributed by atoms with E-state index in [1.54, 1.807) is 0 Å². The first-order valence-corrected chi connectivity index (χ1v) is 2.07. The average Bonchev–Trinajstić information content (AvgIpc) is 1.38. The van der Waals surface area contributed by atoms with E-state index < -0.39 is 0 Å². The summed E-state index contributed by atoms with van der Waals surface area (Å²) < 4.78 is 1.82. The maximum absolute atomic E-state index is 3.93. The summed E-state index contributed by atoms with van der Waals surface area (Å²) >= 11 is 3.93. The Bertz CT molecular complexity index is 20.9. The first kappa shape index (κ1) is 5.31. The molecular formula is C3H9NS. The molecule has 0 aromatic heterocycles. The van der Waals surface area contributed by atoms with E-state index in [1.807, 2.05) is 18.3 Å². The molecule has 0 radical (unpaired) electrons. The van der Waals surface area contributed by atoms with Gasteiger partial charge in [-0.25, -0.2) is 0 Å². The van der Waals surface area contributed by atoms with Gasteiger partial charge in [0.05, 0.1) is 0 Å². The highest BCUT2D eigenvalue weighted by atomic mass is 32.1. The normalized spacial score (nSPS) is 9.60. The summed E-state index contributed by atoms with van der Waals surface area (Å²) in [7, 11) is 1.92. The zero-order chi connectivity index (χ0) is 4.28. The molecule has 5 heavy (non-hydrogen) atoms. The average molecular weight is 91.2 g/mol. The molecule has 0 saturated carbocycles. The van der Waals surface area contributed by atoms with Crippen LogP contribution in [0.3, 0.4) is 0 Å². The molecule has 0 rings (SSSR count). The van der Waals surface area contributed by atoms with Gasteiger partial charge in [-0.2, -0.15) is 0 Å². The van der Waals surface area contributed by atoms with Crippen molar-refractivity contribution in [3.63, 3.8) is 0 Å². The first-order valence-electron chi connectivity index (χ1n) is 1.67. The Morgan fingerprint density at radius 3 is 2.00 bits per heavy atom. The van der Waals surface area contributed by atoms with E-state index in [1.165, 1.54) is 0 Å². The summed E-state index contributed by atoms with van der Waals surface area (Å²) in [6, 6.07) is 0. The van der Waals surface area contributed by atoms with Gasteiger partial charge >= 0.3 is 0 Å². The van der Waals surface area contributed by atoms with Crippen molar-refractivity contribution in [3.8, 4) is 0 Å². The van der Waals surface area contributed by atoms with Crippen LogP contribution in [0.5, 0.6) is 0 Å². The second-order valence-electron chi connectivity index (χ2n) is 0.974. The fourth-order valence-corrected chi connectivity index (χ4v) is 0. The molecule has 0 aliphatic rings. The number of nitrogens with zero attached hydrogens (tertiary/aromatic N) is 1. The van der Waals surface area contributed by atoms with E-state index in [9.17, 15) is 0 Å². The van der Waals surface area contributed by atoms with Crippen molar-refractivity contribution in [3.05, 3.63) is 0 Å². The largest absolute Gasteiger partial charge is 0.257 e. The van der Waals surface area contributed by atoms with Crippen molar-refractivity contribution < 1.29 is 0 Å². The SMILES string of the molecule is CCN(C)S. The van der Waals surface area contributed by atoms with Crippen molar-refractivity contribution in [2.45, 2.75) is 6.92 Å². The zero-order valence-corrected chi connectivity index (χ0v) is 4.50. The molecule has 0 aromatic carbocycles. The van der Waals surface area contributed by atoms with Gasteiger partial charge in [0.25, 0.3) is 0 Å². The number of hydrogen-bond acceptors (Lipinski definition) is 2. The Morgan fingerprint density at radius 2 is 2.00 bits per heavy atom. The van der Waals surface area contributed by atoms with Crippen molar-refractivity contribution in [2.75, 3.05) is 13.6 Å². The van der Waals surface area contributed by atoms with Gasteiger partial charge in [-0.05, 0) is 7.05 Å². The third kappa shape index (κ3) is 4.31. The standard InChI is InChI=1S/C3H9NS/c1-3-4(2)5/h5H,3H2,1-2H3. The van der Waals surface area contributed by atoms with Crippen molar-refractivity contribution in [1.29, 1.82) is 0 Å². The van der Waals surface area contributed by atoms with E-state index >= 15 is 0 Å². The van der Waals surface area contributed by atoms with Gasteiger partial charge < -0.3 is 0 Å². The van der Waals surface area contributed by atoms with Gasteiger partial charge in [-0.3, -0.25) is 4.31 Å². The topological polar surface area (TPSA) is 3.24 Å². The molecule has 0 aromatic rings. The molecule has 1 nitrogen and oxygen atoms in total. The van der Waals surface area contributed by atoms with Crippen LogP contribution in [0.1, 0.15) is 6.92 Å². The van der Waals surface area contributed by atoms with E-state index in [2.05, 4.69) is 12.8 Å². The summed E-state index contributed by atoms with van der Waals surface area (Å²) in [5.41, 5.74) is 0. The maximum Gasteiger partial charge on any atom is 0.00554 e. The minimum absolute atomic E-state index is 1.00. The Labute approximate surface area is 38.5 Å². The van der Waals surface area contributed by atoms with E-state index in [0.717, 1.165) is 6.54 Å². The quantitative estimate of drug-likeness (QED) is 0.467. The van der Waals surface area contributed by atoms with Crippen LogP contribution in [0.4, 0.5) is 0 Å². The van der Waals surface area contributed by atoms with Gasteiger partial charge in [0, 0.05) is 6.54 Å². The minimum Gasteiger partial charge on any atom is -0.257 e. The van der Waals surface area contributed by atoms with Crippen LogP contribution in [0.2, 0.25) is 0 Å². The van der Waals surface area contributed by atoms with E-state index in [-0.39, 0.29) is 0 Å². The van der Waals surface area contributed by atoms with Crippen molar-refractivity contribution in [2.24, 2.45) is 0 Å². The third-order valence-corrected chi connectivity index (χ3v) is 0.740. The highest BCUT2D eigenvalue weighted by Gasteiger charge is 1.73. The van der Waals surface area contributed by atoms with Crippen molar-refractivity contribution >= 4 is 12.8 Å². The molecule has 0 amide bonds. The first-order chi connectivity index (χ1) is 2.27. The molecule has 32 valence electrons. The highest BCUT2D eigenvalue weighted by Crippen LogP contribution is 1.79. The lowest BCUT2D eigenvalue weighted by Gasteiger charge is -1.98. The molecule has 0 heterocycles. The molecular weight excluding hydrogens is 82.1 g/mol. The predicted octanol–water partition coefficient (Wildman–Crippen LogP) is 0.783. The fourth-order valence-electron chi connectivity index (χ4n) is 0. The predicted molar refractivity (Wildman–Crippen MR) is 27.3 cm³/mol. The summed E-state index contributed by atoms with van der Waals surface area (Å²) in [6.45, 7) is 3.05. The maximum atomic E-state index is 3.93. The van der Waals surface area contributed by atoms with Crippen LogP contribution >= 0.6 is 12.8 Å². The number of thiol groups is 1. The lowest BCUT2D eigenvalue weighted by atomic mass is 10.8. The third-order valence-electron chi connectivity index (χ3n) is 0.458. The fraction of sp³-hybridized carbons (Fsp3) is 1.00. The Hall–Kier alpha value is 0.310. The lowest BCUT2D eigenvalue weighted by molar-refractivity contribution is 0.611. The Kier molecular flexibility index (Phi) is 2.70. The Morgan fingerprint density at radius 1 is 1.80 bits per heavy atom. The molecule has 0 aliphatic heterocycles. The second-order valence-corrected chi connectivity index (χ2v) is 1.66. The molecule has 0 bridgehead atoms. The van der Waals surface area contributed by atoms with Crippen LogP contribution in [0, 0.1) is 0 Å². The monoisotopic (exact) mass is 91.0 g/mol. The van der Waals surface area contributed by atoms with Crippen LogP contribution in [0.15, 0.2) is 0 Å². The molecule has 0 N–H and O–H groups in total. The molecule has 0 aliphatic carbocycles. The molecule has 0 unspecified atom stereocenters. The van der Waals surface area contributed by atoms with Gasteiger partial charge in [0.2, 0.25) is 0 Å². The van der Waals surface area contributed by atoms with Crippen LogP contribution in [-0.4, -0.2) is 17.9 Å². The second kappa shape index (κ2) is 2.54. The van der Waals surface area contributed by atoms with Gasteiger partial charge in [-0.15, -0.1) is 0 Å². The summed E-state index contributed by atoms with van der Waals surface area (Å²) in [6.07, 6.45) is 0. The zero-order valence-electron chi connectivity index (χ0n) is 3.60. The van der Waals surface area contributed by atoms with Gasteiger partial charge in [0.1, 0.15) is 0 Å². The van der Waals surface area contributed by atoms with Crippen LogP contribution < -0.4 is 0 Å². The Balaban J connectivity index is 2.54. The van der Waals surface area contributed by atoms with Crippen LogP contribution in [0.25, 0.3) is 0 Å². The number of rotatable bonds is 1. The van der Waals surface area contributed by atoms with Gasteiger partial charge in [-0.1, -0.05) is 19.7 Å². The summed E-state index contributed by atoms with van der Waals surface area (Å²) in [4.78, 5) is 0. The lowest BCUT2D eigenvalue weighted by Crippen LogP contribution is -2.00. The highest BCUT2D eigenvalue weighted by molar-refractivity contribution is 7.77. The molecule has 0 saturated heterocycles. The molecule has 0 atom stereocenters. The summed E-state index contributed by atoms with van der Waals surface area (Å²) in [5, 5.41) is 0. The van der Waals surface area contributed by atoms with Crippen molar-refractivity contribution in [1.82, 2.24) is 4.31 Å². The van der Waals surface area contributed by atoms with E-state index in [4.69, 9.17) is 0 Å².